The monoisotopic (exact) mass is 262 g/mol. The Labute approximate surface area is 114 Å². The second-order valence-electron chi connectivity index (χ2n) is 5.73. The minimum Gasteiger partial charge on any atom is -0.478 e. The second kappa shape index (κ2) is 5.59. The standard InChI is InChI=1S/C15H22N2O2/c1-10(2)12-4-6-17(7-5-12)14-9-13(15(18)19)8-11(3)16-14/h8-10,12H,4-7H2,1-3H3,(H,18,19). The number of anilines is 1. The predicted molar refractivity (Wildman–Crippen MR) is 75.7 cm³/mol. The Morgan fingerprint density at radius 2 is 2.00 bits per heavy atom. The van der Waals surface area contributed by atoms with E-state index in [0.29, 0.717) is 5.56 Å². The van der Waals surface area contributed by atoms with Crippen LogP contribution >= 0.6 is 0 Å². The molecule has 1 aliphatic rings. The number of aromatic carboxylic acids is 1. The summed E-state index contributed by atoms with van der Waals surface area (Å²) >= 11 is 0. The molecule has 0 aromatic carbocycles. The number of carboxylic acids is 1. The fourth-order valence-corrected chi connectivity index (χ4v) is 2.73. The fourth-order valence-electron chi connectivity index (χ4n) is 2.73. The molecular weight excluding hydrogens is 240 g/mol. The van der Waals surface area contributed by atoms with Crippen LogP contribution in [-0.2, 0) is 0 Å². The van der Waals surface area contributed by atoms with Gasteiger partial charge >= 0.3 is 5.97 Å². The molecule has 0 saturated carbocycles. The molecular formula is C15H22N2O2. The fraction of sp³-hybridized carbons (Fsp3) is 0.600. The van der Waals surface area contributed by atoms with E-state index in [2.05, 4.69) is 23.7 Å². The zero-order valence-corrected chi connectivity index (χ0v) is 11.9. The van der Waals surface area contributed by atoms with Gasteiger partial charge in [-0.3, -0.25) is 0 Å². The van der Waals surface area contributed by atoms with Gasteiger partial charge in [0.1, 0.15) is 5.82 Å². The van der Waals surface area contributed by atoms with Crippen molar-refractivity contribution in [2.75, 3.05) is 18.0 Å². The predicted octanol–water partition coefficient (Wildman–Crippen LogP) is 2.96. The Bertz CT molecular complexity index is 463. The summed E-state index contributed by atoms with van der Waals surface area (Å²) in [5, 5.41) is 9.10. The second-order valence-corrected chi connectivity index (χ2v) is 5.73. The van der Waals surface area contributed by atoms with Crippen molar-refractivity contribution >= 4 is 11.8 Å². The van der Waals surface area contributed by atoms with Gasteiger partial charge in [0, 0.05) is 18.8 Å². The van der Waals surface area contributed by atoms with Crippen LogP contribution < -0.4 is 4.90 Å². The van der Waals surface area contributed by atoms with Crippen LogP contribution in [0.3, 0.4) is 0 Å². The van der Waals surface area contributed by atoms with E-state index in [0.717, 1.165) is 49.3 Å². The summed E-state index contributed by atoms with van der Waals surface area (Å²) in [6, 6.07) is 3.30. The number of aromatic nitrogens is 1. The Hall–Kier alpha value is -1.58. The number of hydrogen-bond acceptors (Lipinski definition) is 3. The quantitative estimate of drug-likeness (QED) is 0.910. The van der Waals surface area contributed by atoms with Crippen LogP contribution in [0.5, 0.6) is 0 Å². The number of pyridine rings is 1. The van der Waals surface area contributed by atoms with E-state index in [-0.39, 0.29) is 0 Å². The summed E-state index contributed by atoms with van der Waals surface area (Å²) in [7, 11) is 0. The van der Waals surface area contributed by atoms with Crippen molar-refractivity contribution in [2.45, 2.75) is 33.6 Å². The minimum atomic E-state index is -0.885. The van der Waals surface area contributed by atoms with Crippen LogP contribution in [0.15, 0.2) is 12.1 Å². The number of carbonyl (C=O) groups is 1. The molecule has 2 rings (SSSR count). The summed E-state index contributed by atoms with van der Waals surface area (Å²) in [5.41, 5.74) is 1.09. The van der Waals surface area contributed by atoms with Crippen LogP contribution in [0.4, 0.5) is 5.82 Å². The van der Waals surface area contributed by atoms with Gasteiger partial charge in [0.25, 0.3) is 0 Å². The van der Waals surface area contributed by atoms with Gasteiger partial charge in [-0.05, 0) is 43.7 Å². The molecule has 1 aromatic rings. The zero-order valence-electron chi connectivity index (χ0n) is 11.9. The molecule has 0 bridgehead atoms. The summed E-state index contributed by atoms with van der Waals surface area (Å²) in [4.78, 5) is 17.8. The van der Waals surface area contributed by atoms with E-state index in [1.807, 2.05) is 6.92 Å². The van der Waals surface area contributed by atoms with Gasteiger partial charge in [-0.1, -0.05) is 13.8 Å². The van der Waals surface area contributed by atoms with Crippen molar-refractivity contribution < 1.29 is 9.90 Å². The van der Waals surface area contributed by atoms with Crippen LogP contribution in [-0.4, -0.2) is 29.1 Å². The van der Waals surface area contributed by atoms with E-state index in [1.165, 1.54) is 0 Å². The lowest BCUT2D eigenvalue weighted by Gasteiger charge is -2.34. The molecule has 0 spiro atoms. The number of aryl methyl sites for hydroxylation is 1. The third kappa shape index (κ3) is 3.25. The number of carboxylic acid groups (broad SMARTS) is 1. The zero-order chi connectivity index (χ0) is 14.0. The lowest BCUT2D eigenvalue weighted by molar-refractivity contribution is 0.0696. The maximum absolute atomic E-state index is 11.1. The topological polar surface area (TPSA) is 53.4 Å². The van der Waals surface area contributed by atoms with Gasteiger partial charge in [0.2, 0.25) is 0 Å². The molecule has 1 saturated heterocycles. The smallest absolute Gasteiger partial charge is 0.335 e. The average Bonchev–Trinajstić information content (AvgIpc) is 2.38. The third-order valence-electron chi connectivity index (χ3n) is 3.99. The highest BCUT2D eigenvalue weighted by Crippen LogP contribution is 2.27. The molecule has 104 valence electrons. The van der Waals surface area contributed by atoms with Crippen LogP contribution in [0, 0.1) is 18.8 Å². The molecule has 1 N–H and O–H groups in total. The lowest BCUT2D eigenvalue weighted by Crippen LogP contribution is -2.35. The highest BCUT2D eigenvalue weighted by Gasteiger charge is 2.23. The van der Waals surface area contributed by atoms with E-state index in [1.54, 1.807) is 12.1 Å². The Morgan fingerprint density at radius 1 is 1.37 bits per heavy atom. The highest BCUT2D eigenvalue weighted by molar-refractivity contribution is 5.88. The van der Waals surface area contributed by atoms with Crippen molar-refractivity contribution in [1.82, 2.24) is 4.98 Å². The van der Waals surface area contributed by atoms with Crippen molar-refractivity contribution in [3.63, 3.8) is 0 Å². The van der Waals surface area contributed by atoms with Crippen molar-refractivity contribution in [3.8, 4) is 0 Å². The van der Waals surface area contributed by atoms with Crippen molar-refractivity contribution in [2.24, 2.45) is 11.8 Å². The Kier molecular flexibility index (Phi) is 4.08. The van der Waals surface area contributed by atoms with Gasteiger partial charge in [0.05, 0.1) is 5.56 Å². The third-order valence-corrected chi connectivity index (χ3v) is 3.99. The first-order chi connectivity index (χ1) is 8.97. The van der Waals surface area contributed by atoms with E-state index in [4.69, 9.17) is 5.11 Å². The van der Waals surface area contributed by atoms with Gasteiger partial charge in [-0.25, -0.2) is 9.78 Å². The van der Waals surface area contributed by atoms with Crippen molar-refractivity contribution in [1.29, 1.82) is 0 Å². The first-order valence-electron chi connectivity index (χ1n) is 6.94. The van der Waals surface area contributed by atoms with Crippen LogP contribution in [0.25, 0.3) is 0 Å². The molecule has 0 amide bonds. The molecule has 4 heteroatoms. The average molecular weight is 262 g/mol. The van der Waals surface area contributed by atoms with Gasteiger partial charge in [0.15, 0.2) is 0 Å². The van der Waals surface area contributed by atoms with E-state index < -0.39 is 5.97 Å². The number of rotatable bonds is 3. The lowest BCUT2D eigenvalue weighted by atomic mass is 9.87. The summed E-state index contributed by atoms with van der Waals surface area (Å²) in [6.07, 6.45) is 2.32. The van der Waals surface area contributed by atoms with Gasteiger partial charge in [-0.2, -0.15) is 0 Å². The van der Waals surface area contributed by atoms with Crippen LogP contribution in [0.2, 0.25) is 0 Å². The number of hydrogen-bond donors (Lipinski definition) is 1. The van der Waals surface area contributed by atoms with Gasteiger partial charge in [-0.15, -0.1) is 0 Å². The Balaban J connectivity index is 2.13. The number of piperidine rings is 1. The molecule has 0 atom stereocenters. The molecule has 2 heterocycles. The number of nitrogens with zero attached hydrogens (tertiary/aromatic N) is 2. The SMILES string of the molecule is Cc1cc(C(=O)O)cc(N2CCC(C(C)C)CC2)n1. The molecule has 1 aromatic heterocycles. The summed E-state index contributed by atoms with van der Waals surface area (Å²) < 4.78 is 0. The molecule has 19 heavy (non-hydrogen) atoms. The Morgan fingerprint density at radius 3 is 2.53 bits per heavy atom. The van der Waals surface area contributed by atoms with Gasteiger partial charge < -0.3 is 10.0 Å². The molecule has 0 aliphatic carbocycles. The summed E-state index contributed by atoms with van der Waals surface area (Å²) in [5.74, 6) is 1.42. The highest BCUT2D eigenvalue weighted by atomic mass is 16.4. The maximum Gasteiger partial charge on any atom is 0.335 e. The minimum absolute atomic E-state index is 0.327. The van der Waals surface area contributed by atoms with E-state index >= 15 is 0 Å². The molecule has 0 radical (unpaired) electrons. The molecule has 1 aliphatic heterocycles. The largest absolute Gasteiger partial charge is 0.478 e. The van der Waals surface area contributed by atoms with Crippen molar-refractivity contribution in [3.05, 3.63) is 23.4 Å². The normalized spacial score (nSPS) is 16.9. The molecule has 4 nitrogen and oxygen atoms in total. The first kappa shape index (κ1) is 13.8. The van der Waals surface area contributed by atoms with E-state index in [9.17, 15) is 4.79 Å². The maximum atomic E-state index is 11.1. The van der Waals surface area contributed by atoms with Crippen LogP contribution in [0.1, 0.15) is 42.7 Å². The first-order valence-corrected chi connectivity index (χ1v) is 6.94. The summed E-state index contributed by atoms with van der Waals surface area (Å²) in [6.45, 7) is 8.33. The molecule has 1 fully saturated rings. The molecule has 0 unspecified atom stereocenters.